The van der Waals surface area contributed by atoms with Gasteiger partial charge in [0.15, 0.2) is 0 Å². The molecule has 0 heterocycles. The highest BCUT2D eigenvalue weighted by atomic mass is 79.9. The first-order valence-corrected chi connectivity index (χ1v) is 8.30. The van der Waals surface area contributed by atoms with E-state index in [0.717, 1.165) is 11.2 Å². The van der Waals surface area contributed by atoms with Gasteiger partial charge in [-0.2, -0.15) is 0 Å². The van der Waals surface area contributed by atoms with Crippen molar-refractivity contribution >= 4 is 22.0 Å². The average Bonchev–Trinajstić information content (AvgIpc) is 2.46. The quantitative estimate of drug-likeness (QED) is 0.678. The summed E-state index contributed by atoms with van der Waals surface area (Å²) in [5.74, 6) is 0.777. The number of hydrogen-bond donors (Lipinski definition) is 0. The zero-order valence-electron chi connectivity index (χ0n) is 11.7. The van der Waals surface area contributed by atoms with Crippen molar-refractivity contribution in [2.24, 2.45) is 5.92 Å². The topological polar surface area (TPSA) is 9.23 Å². The summed E-state index contributed by atoms with van der Waals surface area (Å²) in [6.07, 6.45) is 9.26. The van der Waals surface area contributed by atoms with E-state index in [1.165, 1.54) is 43.2 Å². The fourth-order valence-electron chi connectivity index (χ4n) is 2.89. The van der Waals surface area contributed by atoms with Gasteiger partial charge in [0, 0.05) is 12.4 Å². The molecule has 1 aliphatic rings. The Morgan fingerprint density at radius 1 is 1.32 bits per heavy atom. The molecule has 0 aromatic heterocycles. The molecule has 0 bridgehead atoms. The van der Waals surface area contributed by atoms with Crippen molar-refractivity contribution in [1.29, 1.82) is 0 Å². The van der Waals surface area contributed by atoms with E-state index < -0.39 is 0 Å². The number of rotatable bonds is 5. The number of benzene rings is 1. The molecule has 0 saturated heterocycles. The maximum atomic E-state index is 5.20. The maximum Gasteiger partial charge on any atom is 0.0713 e. The standard InChI is InChI=1S/C17H23BrO/c1-19-13-15-7-5-6-14(10-15)11-17(12-18)16-8-3-2-4-9-16/h5-7,10-11,16H,2-4,8-9,12-13H2,1H3. The minimum atomic E-state index is 0.689. The van der Waals surface area contributed by atoms with Crippen LogP contribution in [0.3, 0.4) is 0 Å². The Morgan fingerprint density at radius 2 is 2.11 bits per heavy atom. The molecule has 1 nitrogen and oxygen atoms in total. The second-order valence-electron chi connectivity index (χ2n) is 5.37. The molecule has 0 N–H and O–H groups in total. The van der Waals surface area contributed by atoms with Gasteiger partial charge in [0.25, 0.3) is 0 Å². The van der Waals surface area contributed by atoms with E-state index in [0.29, 0.717) is 6.61 Å². The molecule has 19 heavy (non-hydrogen) atoms. The normalized spacial score (nSPS) is 17.7. The zero-order chi connectivity index (χ0) is 13.5. The fourth-order valence-corrected chi connectivity index (χ4v) is 3.51. The summed E-state index contributed by atoms with van der Waals surface area (Å²) in [5.41, 5.74) is 4.10. The third-order valence-corrected chi connectivity index (χ3v) is 4.55. The first kappa shape index (κ1) is 14.8. The van der Waals surface area contributed by atoms with Crippen molar-refractivity contribution < 1.29 is 4.74 Å². The third kappa shape index (κ3) is 4.47. The Morgan fingerprint density at radius 3 is 2.79 bits per heavy atom. The highest BCUT2D eigenvalue weighted by Gasteiger charge is 2.16. The van der Waals surface area contributed by atoms with Crippen LogP contribution in [0, 0.1) is 5.92 Å². The highest BCUT2D eigenvalue weighted by molar-refractivity contribution is 9.09. The zero-order valence-corrected chi connectivity index (χ0v) is 13.3. The lowest BCUT2D eigenvalue weighted by Gasteiger charge is -2.23. The fraction of sp³-hybridized carbons (Fsp3) is 0.529. The Balaban J connectivity index is 2.14. The molecule has 0 aliphatic heterocycles. The minimum Gasteiger partial charge on any atom is -0.380 e. The summed E-state index contributed by atoms with van der Waals surface area (Å²) in [6, 6.07) is 8.65. The summed E-state index contributed by atoms with van der Waals surface area (Å²) in [5, 5.41) is 0.992. The van der Waals surface area contributed by atoms with E-state index in [2.05, 4.69) is 46.3 Å². The molecule has 1 aromatic rings. The smallest absolute Gasteiger partial charge is 0.0713 e. The van der Waals surface area contributed by atoms with Crippen molar-refractivity contribution in [3.8, 4) is 0 Å². The van der Waals surface area contributed by atoms with Crippen LogP contribution in [0.25, 0.3) is 6.08 Å². The summed E-state index contributed by atoms with van der Waals surface area (Å²) >= 11 is 3.67. The van der Waals surface area contributed by atoms with Crippen molar-refractivity contribution in [2.45, 2.75) is 38.7 Å². The third-order valence-electron chi connectivity index (χ3n) is 3.90. The monoisotopic (exact) mass is 322 g/mol. The molecule has 2 heteroatoms. The second-order valence-corrected chi connectivity index (χ2v) is 5.93. The first-order valence-electron chi connectivity index (χ1n) is 7.18. The van der Waals surface area contributed by atoms with Gasteiger partial charge in [0.05, 0.1) is 6.61 Å². The van der Waals surface area contributed by atoms with E-state index >= 15 is 0 Å². The average molecular weight is 323 g/mol. The predicted molar refractivity (Wildman–Crippen MR) is 85.5 cm³/mol. The van der Waals surface area contributed by atoms with E-state index in [-0.39, 0.29) is 0 Å². The molecule has 1 aromatic carbocycles. The molecular weight excluding hydrogens is 300 g/mol. The van der Waals surface area contributed by atoms with Gasteiger partial charge in [0.1, 0.15) is 0 Å². The van der Waals surface area contributed by atoms with Gasteiger partial charge in [-0.05, 0) is 36.0 Å². The molecule has 2 rings (SSSR count). The molecule has 1 aliphatic carbocycles. The van der Waals surface area contributed by atoms with E-state index in [4.69, 9.17) is 4.74 Å². The number of ether oxygens (including phenoxy) is 1. The predicted octanol–water partition coefficient (Wildman–Crippen LogP) is 5.19. The van der Waals surface area contributed by atoms with Gasteiger partial charge < -0.3 is 4.74 Å². The summed E-state index contributed by atoms with van der Waals surface area (Å²) < 4.78 is 5.20. The molecule has 104 valence electrons. The molecule has 0 spiro atoms. The molecule has 0 amide bonds. The van der Waals surface area contributed by atoms with Gasteiger partial charge >= 0.3 is 0 Å². The van der Waals surface area contributed by atoms with Crippen LogP contribution in [0.1, 0.15) is 43.2 Å². The van der Waals surface area contributed by atoms with Crippen molar-refractivity contribution in [3.05, 3.63) is 41.0 Å². The van der Waals surface area contributed by atoms with Crippen LogP contribution in [0.5, 0.6) is 0 Å². The number of allylic oxidation sites excluding steroid dienone is 1. The Bertz CT molecular complexity index is 419. The highest BCUT2D eigenvalue weighted by Crippen LogP contribution is 2.31. The van der Waals surface area contributed by atoms with Crippen molar-refractivity contribution in [3.63, 3.8) is 0 Å². The van der Waals surface area contributed by atoms with Crippen LogP contribution in [0.4, 0.5) is 0 Å². The molecule has 1 saturated carbocycles. The Hall–Kier alpha value is -0.600. The number of halogens is 1. The van der Waals surface area contributed by atoms with Gasteiger partial charge in [-0.15, -0.1) is 0 Å². The number of alkyl halides is 1. The summed E-state index contributed by atoms with van der Waals surface area (Å²) in [6.45, 7) is 0.689. The SMILES string of the molecule is COCc1cccc(C=C(CBr)C2CCCCC2)c1. The van der Waals surface area contributed by atoms with Crippen LogP contribution in [-0.4, -0.2) is 12.4 Å². The van der Waals surface area contributed by atoms with Crippen LogP contribution >= 0.6 is 15.9 Å². The minimum absolute atomic E-state index is 0.689. The lowest BCUT2D eigenvalue weighted by molar-refractivity contribution is 0.185. The maximum absolute atomic E-state index is 5.20. The largest absolute Gasteiger partial charge is 0.380 e. The van der Waals surface area contributed by atoms with E-state index in [1.807, 2.05) is 0 Å². The lowest BCUT2D eigenvalue weighted by Crippen LogP contribution is -2.10. The molecular formula is C17H23BrO. The number of methoxy groups -OCH3 is 1. The first-order chi connectivity index (χ1) is 9.33. The summed E-state index contributed by atoms with van der Waals surface area (Å²) in [4.78, 5) is 0. The summed E-state index contributed by atoms with van der Waals surface area (Å²) in [7, 11) is 1.74. The van der Waals surface area contributed by atoms with E-state index in [1.54, 1.807) is 12.7 Å². The molecule has 0 unspecified atom stereocenters. The van der Waals surface area contributed by atoms with Gasteiger partial charge in [-0.1, -0.05) is 65.0 Å². The Kier molecular flexibility index (Phi) is 6.12. The Labute approximate surface area is 125 Å². The lowest BCUT2D eigenvalue weighted by atomic mass is 9.84. The molecule has 1 fully saturated rings. The van der Waals surface area contributed by atoms with Crippen LogP contribution in [0.2, 0.25) is 0 Å². The molecule has 0 atom stereocenters. The van der Waals surface area contributed by atoms with Crippen molar-refractivity contribution in [1.82, 2.24) is 0 Å². The van der Waals surface area contributed by atoms with E-state index in [9.17, 15) is 0 Å². The van der Waals surface area contributed by atoms with Crippen LogP contribution in [-0.2, 0) is 11.3 Å². The van der Waals surface area contributed by atoms with Crippen molar-refractivity contribution in [2.75, 3.05) is 12.4 Å². The molecule has 0 radical (unpaired) electrons. The van der Waals surface area contributed by atoms with Gasteiger partial charge in [0.2, 0.25) is 0 Å². The van der Waals surface area contributed by atoms with Gasteiger partial charge in [-0.25, -0.2) is 0 Å². The van der Waals surface area contributed by atoms with Crippen LogP contribution in [0.15, 0.2) is 29.8 Å². The second kappa shape index (κ2) is 7.86. The van der Waals surface area contributed by atoms with Crippen LogP contribution < -0.4 is 0 Å². The van der Waals surface area contributed by atoms with Gasteiger partial charge in [-0.3, -0.25) is 0 Å². The number of hydrogen-bond acceptors (Lipinski definition) is 1.